The number of nitrogens with one attached hydrogen (secondary N) is 2. The number of aryl methyl sites for hydroxylation is 1. The molecular formula is C24H24Br2ClN7O2. The van der Waals surface area contributed by atoms with Crippen LogP contribution >= 0.6 is 43.5 Å². The maximum absolute atomic E-state index is 6.29. The van der Waals surface area contributed by atoms with Gasteiger partial charge in [-0.2, -0.15) is 20.1 Å². The zero-order valence-electron chi connectivity index (χ0n) is 19.5. The largest absolute Gasteiger partial charge is 0.488 e. The molecule has 2 aromatic carbocycles. The number of nitrogens with zero attached hydrogens (tertiary/aromatic N) is 5. The van der Waals surface area contributed by atoms with Gasteiger partial charge < -0.3 is 19.7 Å². The molecule has 0 spiro atoms. The Morgan fingerprint density at radius 3 is 2.69 bits per heavy atom. The van der Waals surface area contributed by atoms with Crippen molar-refractivity contribution in [1.82, 2.24) is 15.0 Å². The highest BCUT2D eigenvalue weighted by molar-refractivity contribution is 9.11. The van der Waals surface area contributed by atoms with Crippen LogP contribution in [0.15, 0.2) is 57.0 Å². The maximum atomic E-state index is 6.29. The molecule has 0 bridgehead atoms. The topological polar surface area (TPSA) is 96.8 Å². The fourth-order valence-electron chi connectivity index (χ4n) is 3.31. The first-order valence-electron chi connectivity index (χ1n) is 11.1. The van der Waals surface area contributed by atoms with Crippen LogP contribution in [0.2, 0.25) is 5.02 Å². The monoisotopic (exact) mass is 635 g/mol. The smallest absolute Gasteiger partial charge is 0.250 e. The van der Waals surface area contributed by atoms with Gasteiger partial charge in [0.05, 0.1) is 23.9 Å². The summed E-state index contributed by atoms with van der Waals surface area (Å²) in [5.41, 5.74) is 5.42. The minimum absolute atomic E-state index is 0.283. The SMILES string of the molecule is C=CCOc1c(Br)cc(Br)cc1/C=N/Nc1nc(Nc2ccc(C)c(Cl)c2)nc(N2CCOCC2)n1. The molecule has 9 nitrogen and oxygen atoms in total. The summed E-state index contributed by atoms with van der Waals surface area (Å²) in [6.07, 6.45) is 3.32. The number of anilines is 4. The highest BCUT2D eigenvalue weighted by Crippen LogP contribution is 2.32. The molecule has 4 rings (SSSR count). The van der Waals surface area contributed by atoms with Crippen LogP contribution in [0.1, 0.15) is 11.1 Å². The molecule has 1 aliphatic rings. The zero-order valence-corrected chi connectivity index (χ0v) is 23.4. The first-order valence-corrected chi connectivity index (χ1v) is 13.0. The molecule has 0 amide bonds. The molecule has 2 N–H and O–H groups in total. The van der Waals surface area contributed by atoms with Crippen LogP contribution in [-0.4, -0.2) is 54.1 Å². The van der Waals surface area contributed by atoms with E-state index in [0.29, 0.717) is 55.6 Å². The molecule has 0 saturated carbocycles. The zero-order chi connectivity index (χ0) is 25.5. The van der Waals surface area contributed by atoms with Crippen molar-refractivity contribution in [2.24, 2.45) is 5.10 Å². The number of ether oxygens (including phenoxy) is 2. The van der Waals surface area contributed by atoms with Gasteiger partial charge in [0.15, 0.2) is 0 Å². The summed E-state index contributed by atoms with van der Waals surface area (Å²) < 4.78 is 12.9. The number of hydrazone groups is 1. The van der Waals surface area contributed by atoms with E-state index in [-0.39, 0.29) is 5.95 Å². The summed E-state index contributed by atoms with van der Waals surface area (Å²) in [7, 11) is 0. The lowest BCUT2D eigenvalue weighted by atomic mass is 10.2. The first-order chi connectivity index (χ1) is 17.4. The van der Waals surface area contributed by atoms with Gasteiger partial charge in [0.25, 0.3) is 0 Å². The molecule has 1 fully saturated rings. The van der Waals surface area contributed by atoms with Crippen molar-refractivity contribution >= 4 is 73.2 Å². The molecule has 0 atom stereocenters. The molecule has 2 heterocycles. The van der Waals surface area contributed by atoms with Crippen LogP contribution in [-0.2, 0) is 4.74 Å². The van der Waals surface area contributed by atoms with E-state index in [4.69, 9.17) is 21.1 Å². The summed E-state index contributed by atoms with van der Waals surface area (Å²) in [5.74, 6) is 1.81. The Hall–Kier alpha value is -2.73. The van der Waals surface area contributed by atoms with Crippen molar-refractivity contribution < 1.29 is 9.47 Å². The average molecular weight is 638 g/mol. The number of benzene rings is 2. The van der Waals surface area contributed by atoms with Crippen LogP contribution in [0.25, 0.3) is 0 Å². The number of aromatic nitrogens is 3. The Morgan fingerprint density at radius 2 is 1.94 bits per heavy atom. The van der Waals surface area contributed by atoms with E-state index in [2.05, 4.69) is 69.2 Å². The van der Waals surface area contributed by atoms with Gasteiger partial charge >= 0.3 is 0 Å². The summed E-state index contributed by atoms with van der Waals surface area (Å²) in [5, 5.41) is 8.22. The molecule has 0 unspecified atom stereocenters. The third-order valence-corrected chi connectivity index (χ3v) is 6.55. The Morgan fingerprint density at radius 1 is 1.17 bits per heavy atom. The summed E-state index contributed by atoms with van der Waals surface area (Å²) in [6, 6.07) is 9.48. The maximum Gasteiger partial charge on any atom is 0.250 e. The van der Waals surface area contributed by atoms with Gasteiger partial charge in [0, 0.05) is 33.8 Å². The van der Waals surface area contributed by atoms with Gasteiger partial charge in [-0.25, -0.2) is 5.43 Å². The third kappa shape index (κ3) is 6.94. The molecule has 1 aromatic heterocycles. The molecule has 0 radical (unpaired) electrons. The number of hydrogen-bond acceptors (Lipinski definition) is 9. The van der Waals surface area contributed by atoms with Gasteiger partial charge in [-0.1, -0.05) is 46.3 Å². The standard InChI is InChI=1S/C24H24Br2ClN7O2/c1-3-8-36-21-16(11-17(25)12-19(21)26)14-28-33-23-30-22(29-18-5-4-15(2)20(27)13-18)31-24(32-23)34-6-9-35-10-7-34/h3-5,11-14H,1,6-10H2,2H3,(H2,29,30,31,32,33)/b28-14+. The Labute approximate surface area is 231 Å². The summed E-state index contributed by atoms with van der Waals surface area (Å²) in [4.78, 5) is 15.7. The van der Waals surface area contributed by atoms with Crippen molar-refractivity contribution in [2.75, 3.05) is 48.6 Å². The lowest BCUT2D eigenvalue weighted by Crippen LogP contribution is -2.37. The van der Waals surface area contributed by atoms with E-state index in [1.54, 1.807) is 12.3 Å². The van der Waals surface area contributed by atoms with E-state index in [1.807, 2.05) is 42.2 Å². The second-order valence-electron chi connectivity index (χ2n) is 7.75. The molecule has 12 heteroatoms. The predicted octanol–water partition coefficient (Wildman–Crippen LogP) is 5.95. The second kappa shape index (κ2) is 12.5. The van der Waals surface area contributed by atoms with Crippen molar-refractivity contribution in [3.8, 4) is 5.75 Å². The predicted molar refractivity (Wildman–Crippen MR) is 151 cm³/mol. The minimum Gasteiger partial charge on any atom is -0.488 e. The van der Waals surface area contributed by atoms with E-state index in [9.17, 15) is 0 Å². The Balaban J connectivity index is 1.60. The van der Waals surface area contributed by atoms with Gasteiger partial charge in [-0.3, -0.25) is 0 Å². The van der Waals surface area contributed by atoms with Crippen LogP contribution in [0.4, 0.5) is 23.5 Å². The van der Waals surface area contributed by atoms with Crippen molar-refractivity contribution in [3.05, 3.63) is 68.1 Å². The number of hydrogen-bond donors (Lipinski definition) is 2. The average Bonchev–Trinajstić information content (AvgIpc) is 2.86. The number of halogens is 3. The van der Waals surface area contributed by atoms with Gasteiger partial charge in [0.1, 0.15) is 12.4 Å². The van der Waals surface area contributed by atoms with Crippen LogP contribution in [0.5, 0.6) is 5.75 Å². The molecule has 188 valence electrons. The molecule has 36 heavy (non-hydrogen) atoms. The van der Waals surface area contributed by atoms with Gasteiger partial charge in [-0.05, 0) is 52.7 Å². The van der Waals surface area contributed by atoms with Gasteiger partial charge in [-0.15, -0.1) is 0 Å². The van der Waals surface area contributed by atoms with E-state index >= 15 is 0 Å². The lowest BCUT2D eigenvalue weighted by Gasteiger charge is -2.27. The molecule has 1 saturated heterocycles. The summed E-state index contributed by atoms with van der Waals surface area (Å²) >= 11 is 13.3. The van der Waals surface area contributed by atoms with Crippen molar-refractivity contribution in [2.45, 2.75) is 6.92 Å². The second-order valence-corrected chi connectivity index (χ2v) is 9.92. The van der Waals surface area contributed by atoms with Crippen LogP contribution < -0.4 is 20.4 Å². The lowest BCUT2D eigenvalue weighted by molar-refractivity contribution is 0.122. The quantitative estimate of drug-likeness (QED) is 0.169. The van der Waals surface area contributed by atoms with Crippen molar-refractivity contribution in [3.63, 3.8) is 0 Å². The fraction of sp³-hybridized carbons (Fsp3) is 0.250. The van der Waals surface area contributed by atoms with Crippen LogP contribution in [0.3, 0.4) is 0 Å². The molecule has 0 aliphatic carbocycles. The molecule has 1 aliphatic heterocycles. The number of rotatable bonds is 9. The van der Waals surface area contributed by atoms with Gasteiger partial charge in [0.2, 0.25) is 17.8 Å². The first kappa shape index (κ1) is 26.3. The fourth-order valence-corrected chi connectivity index (χ4v) is 4.86. The molecule has 3 aromatic rings. The minimum atomic E-state index is 0.283. The Kier molecular flexibility index (Phi) is 9.13. The highest BCUT2D eigenvalue weighted by atomic mass is 79.9. The highest BCUT2D eigenvalue weighted by Gasteiger charge is 2.17. The molecular weight excluding hydrogens is 614 g/mol. The van der Waals surface area contributed by atoms with E-state index in [1.165, 1.54) is 0 Å². The van der Waals surface area contributed by atoms with Crippen molar-refractivity contribution in [1.29, 1.82) is 0 Å². The van der Waals surface area contributed by atoms with Crippen LogP contribution in [0, 0.1) is 6.92 Å². The normalized spacial score (nSPS) is 13.6. The van der Waals surface area contributed by atoms with E-state index in [0.717, 1.165) is 25.8 Å². The third-order valence-electron chi connectivity index (χ3n) is 5.10. The summed E-state index contributed by atoms with van der Waals surface area (Å²) in [6.45, 7) is 8.59. The van der Waals surface area contributed by atoms with E-state index < -0.39 is 0 Å². The number of morpholine rings is 1. The Bertz CT molecular complexity index is 1270.